The zero-order chi connectivity index (χ0) is 14.0. The van der Waals surface area contributed by atoms with Crippen LogP contribution in [0.15, 0.2) is 22.7 Å². The number of halogens is 2. The van der Waals surface area contributed by atoms with Crippen molar-refractivity contribution >= 4 is 31.9 Å². The summed E-state index contributed by atoms with van der Waals surface area (Å²) in [6.07, 6.45) is 5.35. The molecule has 1 aromatic carbocycles. The maximum Gasteiger partial charge on any atom is 0.120 e. The summed E-state index contributed by atoms with van der Waals surface area (Å²) in [7, 11) is 1.71. The lowest BCUT2D eigenvalue weighted by atomic mass is 9.67. The van der Waals surface area contributed by atoms with Gasteiger partial charge in [0, 0.05) is 9.30 Å². The van der Waals surface area contributed by atoms with Gasteiger partial charge in [-0.05, 0) is 41.9 Å². The van der Waals surface area contributed by atoms with Gasteiger partial charge in [0.15, 0.2) is 0 Å². The molecule has 1 aliphatic rings. The lowest BCUT2D eigenvalue weighted by Crippen LogP contribution is -2.30. The molecule has 0 spiro atoms. The minimum Gasteiger partial charge on any atom is -0.497 e. The summed E-state index contributed by atoms with van der Waals surface area (Å²) in [5.74, 6) is 1.59. The molecule has 2 unspecified atom stereocenters. The van der Waals surface area contributed by atoms with Crippen molar-refractivity contribution < 1.29 is 4.74 Å². The summed E-state index contributed by atoms with van der Waals surface area (Å²) in [6, 6.07) is 6.27. The monoisotopic (exact) mass is 388 g/mol. The molecule has 1 saturated carbocycles. The van der Waals surface area contributed by atoms with Crippen molar-refractivity contribution in [3.8, 4) is 5.75 Å². The number of hydrogen-bond acceptors (Lipinski definition) is 1. The molecule has 0 bridgehead atoms. The molecule has 1 nitrogen and oxygen atoms in total. The van der Waals surface area contributed by atoms with Crippen LogP contribution in [0.1, 0.15) is 49.9 Å². The smallest absolute Gasteiger partial charge is 0.120 e. The molecule has 0 saturated heterocycles. The highest BCUT2D eigenvalue weighted by Gasteiger charge is 2.37. The Morgan fingerprint density at radius 1 is 1.32 bits per heavy atom. The van der Waals surface area contributed by atoms with Crippen LogP contribution >= 0.6 is 31.9 Å². The summed E-state index contributed by atoms with van der Waals surface area (Å²) in [5.41, 5.74) is 1.74. The van der Waals surface area contributed by atoms with Gasteiger partial charge < -0.3 is 4.74 Å². The van der Waals surface area contributed by atoms with E-state index in [0.29, 0.717) is 16.2 Å². The quantitative estimate of drug-likeness (QED) is 0.566. The summed E-state index contributed by atoms with van der Waals surface area (Å²) < 4.78 is 6.41. The van der Waals surface area contributed by atoms with E-state index in [9.17, 15) is 0 Å². The van der Waals surface area contributed by atoms with Gasteiger partial charge in [-0.3, -0.25) is 0 Å². The molecule has 0 aromatic heterocycles. The largest absolute Gasteiger partial charge is 0.497 e. The summed E-state index contributed by atoms with van der Waals surface area (Å²) in [5, 5.41) is 0. The van der Waals surface area contributed by atoms with Gasteiger partial charge in [0.25, 0.3) is 0 Å². The number of hydrogen-bond donors (Lipinski definition) is 0. The predicted octanol–water partition coefficient (Wildman–Crippen LogP) is 6.11. The molecular formula is C16H22Br2O. The molecule has 2 rings (SSSR count). The summed E-state index contributed by atoms with van der Waals surface area (Å²) >= 11 is 7.63. The summed E-state index contributed by atoms with van der Waals surface area (Å²) in [4.78, 5) is 0.406. The standard InChI is InChI=1S/C16H22Br2O/c1-16(2)9-5-4-6-13(16)15(18)12-8-7-11(19-3)10-14(12)17/h7-8,10,13,15H,4-6,9H2,1-3H3. The zero-order valence-corrected chi connectivity index (χ0v) is 15.1. The molecule has 0 aliphatic heterocycles. The fraction of sp³-hybridized carbons (Fsp3) is 0.625. The van der Waals surface area contributed by atoms with E-state index in [1.54, 1.807) is 7.11 Å². The van der Waals surface area contributed by atoms with Crippen molar-refractivity contribution in [3.05, 3.63) is 28.2 Å². The van der Waals surface area contributed by atoms with Gasteiger partial charge in [-0.2, -0.15) is 0 Å². The Labute approximate surface area is 133 Å². The number of methoxy groups -OCH3 is 1. The van der Waals surface area contributed by atoms with Crippen molar-refractivity contribution in [2.24, 2.45) is 11.3 Å². The number of benzene rings is 1. The van der Waals surface area contributed by atoms with E-state index in [0.717, 1.165) is 10.2 Å². The molecule has 1 fully saturated rings. The highest BCUT2D eigenvalue weighted by molar-refractivity contribution is 9.11. The van der Waals surface area contributed by atoms with Crippen LogP contribution in [0.25, 0.3) is 0 Å². The Hall–Kier alpha value is -0.0200. The lowest BCUT2D eigenvalue weighted by molar-refractivity contribution is 0.136. The molecule has 0 N–H and O–H groups in total. The van der Waals surface area contributed by atoms with Crippen molar-refractivity contribution in [1.29, 1.82) is 0 Å². The number of ether oxygens (including phenoxy) is 1. The summed E-state index contributed by atoms with van der Waals surface area (Å²) in [6.45, 7) is 4.81. The molecule has 1 aliphatic carbocycles. The van der Waals surface area contributed by atoms with E-state index in [-0.39, 0.29) is 0 Å². The van der Waals surface area contributed by atoms with Crippen LogP contribution in [0.2, 0.25) is 0 Å². The van der Waals surface area contributed by atoms with Crippen LogP contribution in [-0.2, 0) is 0 Å². The van der Waals surface area contributed by atoms with Gasteiger partial charge in [-0.25, -0.2) is 0 Å². The van der Waals surface area contributed by atoms with Crippen LogP contribution in [0, 0.1) is 11.3 Å². The Morgan fingerprint density at radius 2 is 2.05 bits per heavy atom. The normalized spacial score (nSPS) is 23.9. The van der Waals surface area contributed by atoms with Gasteiger partial charge in [0.05, 0.1) is 7.11 Å². The first-order chi connectivity index (χ1) is 8.95. The first kappa shape index (κ1) is 15.4. The lowest BCUT2D eigenvalue weighted by Gasteiger charge is -2.41. The van der Waals surface area contributed by atoms with Crippen molar-refractivity contribution in [1.82, 2.24) is 0 Å². The zero-order valence-electron chi connectivity index (χ0n) is 11.9. The average molecular weight is 390 g/mol. The number of rotatable bonds is 3. The van der Waals surface area contributed by atoms with E-state index < -0.39 is 0 Å². The molecular weight excluding hydrogens is 368 g/mol. The van der Waals surface area contributed by atoms with Gasteiger partial charge in [0.1, 0.15) is 5.75 Å². The van der Waals surface area contributed by atoms with Crippen LogP contribution in [0.3, 0.4) is 0 Å². The highest BCUT2D eigenvalue weighted by atomic mass is 79.9. The second kappa shape index (κ2) is 6.17. The SMILES string of the molecule is COc1ccc(C(Br)C2CCCCC2(C)C)c(Br)c1. The maximum atomic E-state index is 5.27. The fourth-order valence-electron chi connectivity index (χ4n) is 3.14. The maximum absolute atomic E-state index is 5.27. The van der Waals surface area contributed by atoms with Gasteiger partial charge >= 0.3 is 0 Å². The topological polar surface area (TPSA) is 9.23 Å². The fourth-order valence-corrected chi connectivity index (χ4v) is 5.43. The Bertz CT molecular complexity index is 442. The minimum atomic E-state index is 0.406. The second-order valence-corrected chi connectivity index (χ2v) is 7.97. The van der Waals surface area contributed by atoms with Crippen LogP contribution < -0.4 is 4.74 Å². The van der Waals surface area contributed by atoms with E-state index in [1.165, 1.54) is 31.2 Å². The second-order valence-electron chi connectivity index (χ2n) is 6.13. The van der Waals surface area contributed by atoms with Crippen LogP contribution in [0.4, 0.5) is 0 Å². The minimum absolute atomic E-state index is 0.406. The molecule has 0 amide bonds. The Kier molecular flexibility index (Phi) is 4.99. The third-order valence-electron chi connectivity index (χ3n) is 4.45. The van der Waals surface area contributed by atoms with Gasteiger partial charge in [-0.1, -0.05) is 64.6 Å². The molecule has 0 heterocycles. The van der Waals surface area contributed by atoms with Gasteiger partial charge in [0.2, 0.25) is 0 Å². The first-order valence-corrected chi connectivity index (χ1v) is 8.64. The number of alkyl halides is 1. The molecule has 3 heteroatoms. The Balaban J connectivity index is 2.25. The van der Waals surface area contributed by atoms with Crippen molar-refractivity contribution in [3.63, 3.8) is 0 Å². The van der Waals surface area contributed by atoms with Crippen molar-refractivity contribution in [2.75, 3.05) is 7.11 Å². The Morgan fingerprint density at radius 3 is 2.63 bits per heavy atom. The van der Waals surface area contributed by atoms with E-state index in [1.807, 2.05) is 6.07 Å². The van der Waals surface area contributed by atoms with E-state index in [2.05, 4.69) is 57.8 Å². The third-order valence-corrected chi connectivity index (χ3v) is 6.27. The molecule has 1 aromatic rings. The molecule has 19 heavy (non-hydrogen) atoms. The first-order valence-electron chi connectivity index (χ1n) is 6.93. The third kappa shape index (κ3) is 3.36. The molecule has 106 valence electrons. The molecule has 2 atom stereocenters. The predicted molar refractivity (Wildman–Crippen MR) is 88.1 cm³/mol. The van der Waals surface area contributed by atoms with Crippen LogP contribution in [-0.4, -0.2) is 7.11 Å². The van der Waals surface area contributed by atoms with E-state index >= 15 is 0 Å². The molecule has 0 radical (unpaired) electrons. The van der Waals surface area contributed by atoms with E-state index in [4.69, 9.17) is 4.74 Å². The van der Waals surface area contributed by atoms with Crippen LogP contribution in [0.5, 0.6) is 5.75 Å². The average Bonchev–Trinajstić information content (AvgIpc) is 2.37. The van der Waals surface area contributed by atoms with Crippen molar-refractivity contribution in [2.45, 2.75) is 44.4 Å². The highest BCUT2D eigenvalue weighted by Crippen LogP contribution is 2.51. The van der Waals surface area contributed by atoms with Gasteiger partial charge in [-0.15, -0.1) is 0 Å².